The van der Waals surface area contributed by atoms with Gasteiger partial charge in [-0.15, -0.1) is 5.10 Å². The van der Waals surface area contributed by atoms with Crippen LogP contribution in [-0.4, -0.2) is 25.0 Å². The van der Waals surface area contributed by atoms with Crippen LogP contribution in [-0.2, 0) is 0 Å². The van der Waals surface area contributed by atoms with Gasteiger partial charge in [-0.3, -0.25) is 0 Å². The van der Waals surface area contributed by atoms with Crippen molar-refractivity contribution >= 4 is 17.0 Å². The molecule has 1 saturated carbocycles. The maximum Gasteiger partial charge on any atom is 0.184 e. The molecule has 0 spiro atoms. The molecule has 0 amide bonds. The summed E-state index contributed by atoms with van der Waals surface area (Å²) in [5.41, 5.74) is 7.14. The molecule has 1 aliphatic carbocycles. The minimum atomic E-state index is 0.392. The van der Waals surface area contributed by atoms with Gasteiger partial charge in [0.15, 0.2) is 17.0 Å². The van der Waals surface area contributed by atoms with Crippen molar-refractivity contribution in [2.45, 2.75) is 38.6 Å². The van der Waals surface area contributed by atoms with Gasteiger partial charge in [0.2, 0.25) is 0 Å². The monoisotopic (exact) mass is 232 g/mol. The van der Waals surface area contributed by atoms with E-state index in [2.05, 4.69) is 27.2 Å². The number of rotatable bonds is 1. The second-order valence-corrected chi connectivity index (χ2v) is 4.79. The van der Waals surface area contributed by atoms with Crippen LogP contribution in [0.2, 0.25) is 0 Å². The predicted octanol–water partition coefficient (Wildman–Crippen LogP) is 1.55. The molecule has 3 rings (SSSR count). The Balaban J connectivity index is 2.08. The van der Waals surface area contributed by atoms with Gasteiger partial charge in [-0.25, -0.2) is 14.6 Å². The predicted molar refractivity (Wildman–Crippen MR) is 64.2 cm³/mol. The number of hydrogen-bond acceptors (Lipinski definition) is 5. The molecule has 6 nitrogen and oxygen atoms in total. The van der Waals surface area contributed by atoms with Crippen LogP contribution >= 0.6 is 0 Å². The SMILES string of the molecule is C[C@H]1CCCC[C@@H]1n1nnc2c(N)ncnc21. The highest BCUT2D eigenvalue weighted by molar-refractivity contribution is 5.80. The van der Waals surface area contributed by atoms with Crippen molar-refractivity contribution in [3.8, 4) is 0 Å². The van der Waals surface area contributed by atoms with Crippen molar-refractivity contribution in [2.75, 3.05) is 5.73 Å². The molecular formula is C11H16N6. The molecule has 2 N–H and O–H groups in total. The quantitative estimate of drug-likeness (QED) is 0.806. The first-order valence-electron chi connectivity index (χ1n) is 6.08. The fraction of sp³-hybridized carbons (Fsp3) is 0.636. The zero-order chi connectivity index (χ0) is 11.8. The van der Waals surface area contributed by atoms with Crippen LogP contribution in [0.15, 0.2) is 6.33 Å². The molecule has 6 heteroatoms. The first kappa shape index (κ1) is 10.4. The van der Waals surface area contributed by atoms with E-state index in [1.165, 1.54) is 25.6 Å². The number of anilines is 1. The van der Waals surface area contributed by atoms with E-state index in [-0.39, 0.29) is 0 Å². The zero-order valence-electron chi connectivity index (χ0n) is 9.87. The van der Waals surface area contributed by atoms with Gasteiger partial charge in [0.05, 0.1) is 6.04 Å². The van der Waals surface area contributed by atoms with Crippen molar-refractivity contribution in [2.24, 2.45) is 5.92 Å². The van der Waals surface area contributed by atoms with Gasteiger partial charge in [0, 0.05) is 0 Å². The number of aromatic nitrogens is 5. The minimum absolute atomic E-state index is 0.392. The van der Waals surface area contributed by atoms with Crippen LogP contribution < -0.4 is 5.73 Å². The summed E-state index contributed by atoms with van der Waals surface area (Å²) in [6, 6.07) is 0.392. The lowest BCUT2D eigenvalue weighted by Crippen LogP contribution is -2.22. The zero-order valence-corrected chi connectivity index (χ0v) is 9.87. The third kappa shape index (κ3) is 1.64. The van der Waals surface area contributed by atoms with Gasteiger partial charge in [0.1, 0.15) is 6.33 Å². The van der Waals surface area contributed by atoms with Crippen LogP contribution in [0.3, 0.4) is 0 Å². The van der Waals surface area contributed by atoms with E-state index in [0.29, 0.717) is 23.3 Å². The minimum Gasteiger partial charge on any atom is -0.382 e. The standard InChI is InChI=1S/C11H16N6/c1-7-4-2-3-5-8(7)17-11-9(15-16-17)10(12)13-6-14-11/h6-8H,2-5H2,1H3,(H2,12,13,14)/t7-,8-/m0/s1. The van der Waals surface area contributed by atoms with Crippen LogP contribution in [0.5, 0.6) is 0 Å². The lowest BCUT2D eigenvalue weighted by atomic mass is 9.86. The van der Waals surface area contributed by atoms with E-state index in [1.54, 1.807) is 0 Å². The normalized spacial score (nSPS) is 25.2. The molecule has 0 saturated heterocycles. The molecule has 2 heterocycles. The Morgan fingerprint density at radius 1 is 1.29 bits per heavy atom. The van der Waals surface area contributed by atoms with Crippen molar-refractivity contribution in [1.29, 1.82) is 0 Å². The lowest BCUT2D eigenvalue weighted by Gasteiger charge is -2.28. The van der Waals surface area contributed by atoms with E-state index in [9.17, 15) is 0 Å². The van der Waals surface area contributed by atoms with Crippen molar-refractivity contribution < 1.29 is 0 Å². The van der Waals surface area contributed by atoms with Crippen LogP contribution in [0.1, 0.15) is 38.6 Å². The Morgan fingerprint density at radius 2 is 2.12 bits per heavy atom. The average molecular weight is 232 g/mol. The van der Waals surface area contributed by atoms with Gasteiger partial charge in [0.25, 0.3) is 0 Å². The molecule has 0 unspecified atom stereocenters. The Bertz CT molecular complexity index is 534. The van der Waals surface area contributed by atoms with E-state index in [1.807, 2.05) is 4.68 Å². The van der Waals surface area contributed by atoms with E-state index in [4.69, 9.17) is 5.73 Å². The van der Waals surface area contributed by atoms with Gasteiger partial charge >= 0.3 is 0 Å². The largest absolute Gasteiger partial charge is 0.382 e. The molecule has 90 valence electrons. The summed E-state index contributed by atoms with van der Waals surface area (Å²) in [5, 5.41) is 8.31. The number of nitrogen functional groups attached to an aromatic ring is 1. The summed E-state index contributed by atoms with van der Waals surface area (Å²) in [5.74, 6) is 1.02. The number of hydrogen-bond donors (Lipinski definition) is 1. The van der Waals surface area contributed by atoms with Gasteiger partial charge in [-0.05, 0) is 18.8 Å². The Morgan fingerprint density at radius 3 is 2.94 bits per heavy atom. The molecule has 0 aliphatic heterocycles. The Hall–Kier alpha value is -1.72. The smallest absolute Gasteiger partial charge is 0.184 e. The van der Waals surface area contributed by atoms with Crippen LogP contribution in [0.25, 0.3) is 11.2 Å². The highest BCUT2D eigenvalue weighted by Gasteiger charge is 2.26. The first-order valence-corrected chi connectivity index (χ1v) is 6.08. The third-order valence-electron chi connectivity index (χ3n) is 3.67. The molecule has 0 bridgehead atoms. The Labute approximate surface area is 99.2 Å². The third-order valence-corrected chi connectivity index (χ3v) is 3.67. The highest BCUT2D eigenvalue weighted by Crippen LogP contribution is 2.34. The van der Waals surface area contributed by atoms with Crippen LogP contribution in [0, 0.1) is 5.92 Å². The summed E-state index contributed by atoms with van der Waals surface area (Å²) >= 11 is 0. The number of nitrogens with zero attached hydrogens (tertiary/aromatic N) is 5. The van der Waals surface area contributed by atoms with Gasteiger partial charge in [-0.1, -0.05) is 25.0 Å². The fourth-order valence-corrected chi connectivity index (χ4v) is 2.66. The number of fused-ring (bicyclic) bond motifs is 1. The Kier molecular flexibility index (Phi) is 2.42. The molecule has 0 aromatic carbocycles. The van der Waals surface area contributed by atoms with Gasteiger partial charge < -0.3 is 5.73 Å². The van der Waals surface area contributed by atoms with Crippen LogP contribution in [0.4, 0.5) is 5.82 Å². The average Bonchev–Trinajstić information content (AvgIpc) is 2.75. The highest BCUT2D eigenvalue weighted by atomic mass is 15.5. The van der Waals surface area contributed by atoms with Crippen molar-refractivity contribution in [3.05, 3.63) is 6.33 Å². The number of nitrogens with two attached hydrogens (primary N) is 1. The lowest BCUT2D eigenvalue weighted by molar-refractivity contribution is 0.241. The second-order valence-electron chi connectivity index (χ2n) is 4.79. The fourth-order valence-electron chi connectivity index (χ4n) is 2.66. The first-order chi connectivity index (χ1) is 8.27. The maximum atomic E-state index is 5.77. The molecule has 1 aliphatic rings. The summed E-state index contributed by atoms with van der Waals surface area (Å²) in [6.07, 6.45) is 6.42. The second kappa shape index (κ2) is 3.94. The van der Waals surface area contributed by atoms with E-state index in [0.717, 1.165) is 12.1 Å². The molecule has 2 atom stereocenters. The van der Waals surface area contributed by atoms with E-state index < -0.39 is 0 Å². The van der Waals surface area contributed by atoms with Gasteiger partial charge in [-0.2, -0.15) is 0 Å². The van der Waals surface area contributed by atoms with Crippen molar-refractivity contribution in [3.63, 3.8) is 0 Å². The topological polar surface area (TPSA) is 82.5 Å². The van der Waals surface area contributed by atoms with E-state index >= 15 is 0 Å². The van der Waals surface area contributed by atoms with Crippen molar-refractivity contribution in [1.82, 2.24) is 25.0 Å². The molecule has 0 radical (unpaired) electrons. The molecule has 2 aromatic rings. The maximum absolute atomic E-state index is 5.77. The summed E-state index contributed by atoms with van der Waals surface area (Å²) in [7, 11) is 0. The summed E-state index contributed by atoms with van der Waals surface area (Å²) in [6.45, 7) is 2.27. The molecular weight excluding hydrogens is 216 g/mol. The molecule has 2 aromatic heterocycles. The summed E-state index contributed by atoms with van der Waals surface area (Å²) < 4.78 is 1.93. The summed E-state index contributed by atoms with van der Waals surface area (Å²) in [4.78, 5) is 8.19. The molecule has 1 fully saturated rings. The molecule has 17 heavy (non-hydrogen) atoms.